The number of sulfonamides is 1. The molecule has 0 amide bonds. The van der Waals surface area contributed by atoms with Crippen molar-refractivity contribution in [2.24, 2.45) is 15.2 Å². The number of ether oxygens (including phenoxy) is 1. The molecule has 36 heavy (non-hydrogen) atoms. The number of hydrogen-bond acceptors (Lipinski definition) is 8. The molecule has 14 heteroatoms. The lowest BCUT2D eigenvalue weighted by atomic mass is 9.94. The number of benzene rings is 1. The number of rotatable bonds is 7. The van der Waals surface area contributed by atoms with Crippen LogP contribution < -0.4 is 9.62 Å². The summed E-state index contributed by atoms with van der Waals surface area (Å²) in [6.45, 7) is 12.8. The number of aryl methyl sites for hydroxylation is 1. The number of anilines is 2. The Morgan fingerprint density at radius 3 is 2.44 bits per heavy atom. The molecular formula is C22H30F3N5O4S2. The third kappa shape index (κ3) is 7.21. The fraction of sp³-hybridized carbons (Fsp3) is 0.545. The molecule has 0 radical (unpaired) electrons. The van der Waals surface area contributed by atoms with Crippen LogP contribution in [0.4, 0.5) is 30.2 Å². The van der Waals surface area contributed by atoms with Crippen molar-refractivity contribution in [3.63, 3.8) is 0 Å². The molecule has 0 bridgehead atoms. The molecule has 1 aliphatic heterocycles. The third-order valence-corrected chi connectivity index (χ3v) is 7.06. The zero-order valence-electron chi connectivity index (χ0n) is 20.9. The number of nitrogens with zero attached hydrogens (tertiary/aromatic N) is 4. The number of esters is 1. The van der Waals surface area contributed by atoms with E-state index in [0.717, 1.165) is 23.7 Å². The number of amidine groups is 1. The Labute approximate surface area is 213 Å². The van der Waals surface area contributed by atoms with E-state index in [2.05, 4.69) is 21.8 Å². The first-order valence-electron chi connectivity index (χ1n) is 11.1. The highest BCUT2D eigenvalue weighted by Gasteiger charge is 2.46. The van der Waals surface area contributed by atoms with E-state index in [-0.39, 0.29) is 39.6 Å². The lowest BCUT2D eigenvalue weighted by Crippen LogP contribution is -2.42. The number of carbonyl (C=O) groups excluding carboxylic acids is 1. The molecule has 0 saturated carbocycles. The lowest BCUT2D eigenvalue weighted by molar-refractivity contribution is -0.141. The summed E-state index contributed by atoms with van der Waals surface area (Å²) in [6, 6.07) is 2.97. The molecule has 1 aromatic carbocycles. The van der Waals surface area contributed by atoms with E-state index in [9.17, 15) is 26.4 Å². The highest BCUT2D eigenvalue weighted by molar-refractivity contribution is 8.17. The first kappa shape index (κ1) is 29.6. The van der Waals surface area contributed by atoms with Gasteiger partial charge < -0.3 is 9.64 Å². The van der Waals surface area contributed by atoms with Crippen molar-refractivity contribution in [1.29, 1.82) is 0 Å². The summed E-state index contributed by atoms with van der Waals surface area (Å²) < 4.78 is 69.9. The van der Waals surface area contributed by atoms with Gasteiger partial charge in [-0.05, 0) is 76.9 Å². The summed E-state index contributed by atoms with van der Waals surface area (Å²) in [5, 5.41) is 7.88. The Kier molecular flexibility index (Phi) is 9.57. The van der Waals surface area contributed by atoms with Crippen molar-refractivity contribution >= 4 is 50.0 Å². The van der Waals surface area contributed by atoms with E-state index in [1.54, 1.807) is 18.6 Å². The van der Waals surface area contributed by atoms with Crippen molar-refractivity contribution in [2.75, 3.05) is 16.7 Å². The van der Waals surface area contributed by atoms with E-state index in [0.29, 0.717) is 12.1 Å². The van der Waals surface area contributed by atoms with Gasteiger partial charge in [0, 0.05) is 24.8 Å². The van der Waals surface area contributed by atoms with E-state index in [4.69, 9.17) is 4.74 Å². The minimum absolute atomic E-state index is 0.0189. The summed E-state index contributed by atoms with van der Waals surface area (Å²) in [6.07, 6.45) is 1.05. The molecule has 9 nitrogen and oxygen atoms in total. The molecule has 1 unspecified atom stereocenters. The molecule has 1 heterocycles. The SMILES string of the molecule is C=C(SC(N=Nc1cc2c(cc1NS(=O)(=O)C(F)(F)F)N(C(C)C)C(C)CC2)=NC)C(=O)OC(C)C. The van der Waals surface area contributed by atoms with Gasteiger partial charge in [0.05, 0.1) is 16.7 Å². The van der Waals surface area contributed by atoms with Crippen molar-refractivity contribution in [3.8, 4) is 0 Å². The Balaban J connectivity index is 2.50. The zero-order valence-corrected chi connectivity index (χ0v) is 22.5. The van der Waals surface area contributed by atoms with Crippen molar-refractivity contribution in [3.05, 3.63) is 29.2 Å². The topological polar surface area (TPSA) is 113 Å². The van der Waals surface area contributed by atoms with Crippen LogP contribution in [0.15, 0.2) is 38.8 Å². The number of aliphatic imine (C=N–C) groups is 1. The fourth-order valence-electron chi connectivity index (χ4n) is 3.59. The predicted octanol–water partition coefficient (Wildman–Crippen LogP) is 5.77. The number of azo groups is 1. The number of fused-ring (bicyclic) bond motifs is 1. The van der Waals surface area contributed by atoms with Gasteiger partial charge in [-0.1, -0.05) is 6.58 Å². The molecule has 0 aliphatic carbocycles. The first-order chi connectivity index (χ1) is 16.6. The molecule has 1 N–H and O–H groups in total. The van der Waals surface area contributed by atoms with Gasteiger partial charge in [-0.3, -0.25) is 9.71 Å². The molecule has 0 aromatic heterocycles. The van der Waals surface area contributed by atoms with E-state index in [1.165, 1.54) is 19.2 Å². The molecule has 0 spiro atoms. The Bertz CT molecular complexity index is 1160. The largest absolute Gasteiger partial charge is 0.516 e. The zero-order chi connectivity index (χ0) is 27.4. The molecule has 1 aliphatic rings. The van der Waals surface area contributed by atoms with Gasteiger partial charge in [0.1, 0.15) is 5.69 Å². The van der Waals surface area contributed by atoms with Gasteiger partial charge in [0.15, 0.2) is 0 Å². The van der Waals surface area contributed by atoms with Gasteiger partial charge in [0.2, 0.25) is 5.17 Å². The maximum atomic E-state index is 13.1. The summed E-state index contributed by atoms with van der Waals surface area (Å²) in [5.41, 5.74) is -4.63. The van der Waals surface area contributed by atoms with Gasteiger partial charge in [-0.2, -0.15) is 21.6 Å². The van der Waals surface area contributed by atoms with Gasteiger partial charge >= 0.3 is 21.5 Å². The third-order valence-electron chi connectivity index (χ3n) is 5.11. The fourth-order valence-corrected chi connectivity index (χ4v) is 4.69. The number of halogens is 3. The summed E-state index contributed by atoms with van der Waals surface area (Å²) in [5.74, 6) is -0.679. The average Bonchev–Trinajstić information content (AvgIpc) is 2.74. The van der Waals surface area contributed by atoms with E-state index in [1.807, 2.05) is 25.7 Å². The van der Waals surface area contributed by atoms with Gasteiger partial charge in [-0.15, -0.1) is 10.2 Å². The average molecular weight is 550 g/mol. The number of hydrogen-bond donors (Lipinski definition) is 1. The van der Waals surface area contributed by atoms with Crippen molar-refractivity contribution < 1.29 is 31.1 Å². The van der Waals surface area contributed by atoms with Crippen LogP contribution in [0.3, 0.4) is 0 Å². The predicted molar refractivity (Wildman–Crippen MR) is 136 cm³/mol. The molecule has 200 valence electrons. The highest BCUT2D eigenvalue weighted by Crippen LogP contribution is 2.41. The van der Waals surface area contributed by atoms with Crippen LogP contribution in [0.5, 0.6) is 0 Å². The maximum Gasteiger partial charge on any atom is 0.516 e. The van der Waals surface area contributed by atoms with Crippen molar-refractivity contribution in [2.45, 2.75) is 71.2 Å². The quantitative estimate of drug-likeness (QED) is 0.152. The Morgan fingerprint density at radius 1 is 1.28 bits per heavy atom. The molecule has 0 fully saturated rings. The number of thioether (sulfide) groups is 1. The van der Waals surface area contributed by atoms with E-state index >= 15 is 0 Å². The van der Waals surface area contributed by atoms with Gasteiger partial charge in [0.25, 0.3) is 0 Å². The van der Waals surface area contributed by atoms with E-state index < -0.39 is 21.5 Å². The second-order valence-electron chi connectivity index (χ2n) is 8.62. The highest BCUT2D eigenvalue weighted by atomic mass is 32.2. The standard InChI is InChI=1S/C22H30F3N5O4S2/c1-12(2)30-14(5)8-9-16-10-17(18(11-19(16)30)29-36(32,33)22(23,24)25)27-28-21(26-7)35-15(6)20(31)34-13(3)4/h10-14,29H,6,8-9H2,1-5,7H3. The lowest BCUT2D eigenvalue weighted by Gasteiger charge is -2.40. The minimum atomic E-state index is -5.72. The smallest absolute Gasteiger partial charge is 0.459 e. The monoisotopic (exact) mass is 549 g/mol. The number of alkyl halides is 3. The molecule has 1 aromatic rings. The van der Waals surface area contributed by atoms with Crippen LogP contribution in [0, 0.1) is 0 Å². The second-order valence-corrected chi connectivity index (χ2v) is 11.4. The van der Waals surface area contributed by atoms with Crippen LogP contribution in [-0.2, 0) is 26.0 Å². The molecule has 0 saturated heterocycles. The second kappa shape index (κ2) is 11.6. The first-order valence-corrected chi connectivity index (χ1v) is 13.4. The van der Waals surface area contributed by atoms with Crippen LogP contribution in [0.25, 0.3) is 0 Å². The maximum absolute atomic E-state index is 13.1. The molecule has 1 atom stereocenters. The van der Waals surface area contributed by atoms with Crippen LogP contribution in [0.1, 0.15) is 46.6 Å². The van der Waals surface area contributed by atoms with Crippen LogP contribution in [-0.4, -0.2) is 50.3 Å². The summed E-state index contributed by atoms with van der Waals surface area (Å²) in [7, 11) is -4.34. The Morgan fingerprint density at radius 2 is 1.92 bits per heavy atom. The summed E-state index contributed by atoms with van der Waals surface area (Å²) in [4.78, 5) is 17.9. The van der Waals surface area contributed by atoms with Crippen LogP contribution in [0.2, 0.25) is 0 Å². The van der Waals surface area contributed by atoms with Gasteiger partial charge in [-0.25, -0.2) is 4.79 Å². The normalized spacial score (nSPS) is 17.0. The minimum Gasteiger partial charge on any atom is -0.459 e. The van der Waals surface area contributed by atoms with Crippen LogP contribution >= 0.6 is 11.8 Å². The Hall–Kier alpha value is -2.61. The molecular weight excluding hydrogens is 519 g/mol. The molecule has 2 rings (SSSR count). The van der Waals surface area contributed by atoms with Crippen molar-refractivity contribution in [1.82, 2.24) is 0 Å². The number of carbonyl (C=O) groups is 1. The summed E-state index contributed by atoms with van der Waals surface area (Å²) >= 11 is 0.764. The number of nitrogens with one attached hydrogen (secondary N) is 1.